The van der Waals surface area contributed by atoms with Crippen molar-refractivity contribution in [3.63, 3.8) is 0 Å². The van der Waals surface area contributed by atoms with Crippen LogP contribution in [0.2, 0.25) is 0 Å². The third-order valence-electron chi connectivity index (χ3n) is 3.72. The molecule has 0 aromatic heterocycles. The monoisotopic (exact) mass is 208 g/mol. The minimum Gasteiger partial charge on any atom is -0.295 e. The summed E-state index contributed by atoms with van der Waals surface area (Å²) in [5.41, 5.74) is 0.907. The van der Waals surface area contributed by atoms with Crippen molar-refractivity contribution in [3.05, 3.63) is 12.2 Å². The van der Waals surface area contributed by atoms with Gasteiger partial charge in [0.25, 0.3) is 0 Å². The summed E-state index contributed by atoms with van der Waals surface area (Å²) in [6.45, 7) is 10.6. The van der Waals surface area contributed by atoms with Gasteiger partial charge in [-0.3, -0.25) is 4.79 Å². The fraction of sp³-hybridized carbons (Fsp3) is 0.786. The summed E-state index contributed by atoms with van der Waals surface area (Å²) in [7, 11) is 0. The maximum absolute atomic E-state index is 11.6. The summed E-state index contributed by atoms with van der Waals surface area (Å²) in [6, 6.07) is 0. The molecule has 0 aromatic carbocycles. The second kappa shape index (κ2) is 5.48. The molecule has 1 rings (SSSR count). The molecule has 1 fully saturated rings. The van der Waals surface area contributed by atoms with E-state index in [9.17, 15) is 4.79 Å². The van der Waals surface area contributed by atoms with Gasteiger partial charge in [-0.25, -0.2) is 0 Å². The van der Waals surface area contributed by atoms with Crippen LogP contribution in [0.15, 0.2) is 12.2 Å². The van der Waals surface area contributed by atoms with Crippen LogP contribution >= 0.6 is 0 Å². The van der Waals surface area contributed by atoms with Gasteiger partial charge in [0.15, 0.2) is 5.78 Å². The molecule has 1 nitrogen and oxygen atoms in total. The molecular weight excluding hydrogens is 184 g/mol. The summed E-state index contributed by atoms with van der Waals surface area (Å²) in [6.07, 6.45) is 5.69. The van der Waals surface area contributed by atoms with Crippen molar-refractivity contribution in [3.8, 4) is 0 Å². The summed E-state index contributed by atoms with van der Waals surface area (Å²) in [5, 5.41) is 0. The molecule has 0 unspecified atom stereocenters. The van der Waals surface area contributed by atoms with Crippen molar-refractivity contribution in [2.75, 3.05) is 0 Å². The maximum Gasteiger partial charge on any atom is 0.158 e. The van der Waals surface area contributed by atoms with E-state index >= 15 is 0 Å². The lowest BCUT2D eigenvalue weighted by atomic mass is 9.82. The summed E-state index contributed by atoms with van der Waals surface area (Å²) >= 11 is 0. The maximum atomic E-state index is 11.6. The van der Waals surface area contributed by atoms with Gasteiger partial charge in [-0.2, -0.15) is 0 Å². The van der Waals surface area contributed by atoms with E-state index in [1.54, 1.807) is 0 Å². The SMILES string of the molecule is C=C1C(=O)C[C@@H](C(C)C)[C@@H]1CCCCC. The highest BCUT2D eigenvalue weighted by Gasteiger charge is 2.37. The zero-order valence-corrected chi connectivity index (χ0v) is 10.4. The second-order valence-corrected chi connectivity index (χ2v) is 5.16. The van der Waals surface area contributed by atoms with Gasteiger partial charge in [-0.15, -0.1) is 0 Å². The number of hydrogen-bond donors (Lipinski definition) is 0. The van der Waals surface area contributed by atoms with Crippen molar-refractivity contribution in [1.29, 1.82) is 0 Å². The van der Waals surface area contributed by atoms with Crippen molar-refractivity contribution in [1.82, 2.24) is 0 Å². The first kappa shape index (κ1) is 12.5. The van der Waals surface area contributed by atoms with Gasteiger partial charge in [0.2, 0.25) is 0 Å². The first-order valence-electron chi connectivity index (χ1n) is 6.29. The summed E-state index contributed by atoms with van der Waals surface area (Å²) in [5.74, 6) is 1.96. The molecule has 0 heterocycles. The Hall–Kier alpha value is -0.590. The van der Waals surface area contributed by atoms with Crippen LogP contribution in [0.5, 0.6) is 0 Å². The lowest BCUT2D eigenvalue weighted by Crippen LogP contribution is -2.15. The molecule has 15 heavy (non-hydrogen) atoms. The predicted molar refractivity (Wildman–Crippen MR) is 64.7 cm³/mol. The molecule has 1 aliphatic rings. The van der Waals surface area contributed by atoms with Crippen molar-refractivity contribution >= 4 is 5.78 Å². The van der Waals surface area contributed by atoms with E-state index in [1.807, 2.05) is 0 Å². The summed E-state index contributed by atoms with van der Waals surface area (Å²) < 4.78 is 0. The van der Waals surface area contributed by atoms with Crippen molar-refractivity contribution in [2.45, 2.75) is 52.9 Å². The Morgan fingerprint density at radius 1 is 1.40 bits per heavy atom. The van der Waals surface area contributed by atoms with Gasteiger partial charge in [-0.05, 0) is 29.7 Å². The lowest BCUT2D eigenvalue weighted by Gasteiger charge is -2.22. The number of ketones is 1. The third kappa shape index (κ3) is 2.93. The molecule has 0 radical (unpaired) electrons. The molecule has 2 atom stereocenters. The number of allylic oxidation sites excluding steroid dienone is 1. The van der Waals surface area contributed by atoms with Crippen LogP contribution in [0.1, 0.15) is 52.9 Å². The molecule has 0 N–H and O–H groups in total. The van der Waals surface area contributed by atoms with E-state index in [2.05, 4.69) is 27.4 Å². The Labute approximate surface area is 93.9 Å². The van der Waals surface area contributed by atoms with Gasteiger partial charge < -0.3 is 0 Å². The Balaban J connectivity index is 2.57. The molecule has 0 spiro atoms. The first-order chi connectivity index (χ1) is 7.07. The lowest BCUT2D eigenvalue weighted by molar-refractivity contribution is -0.115. The molecule has 0 aliphatic heterocycles. The highest BCUT2D eigenvalue weighted by molar-refractivity contribution is 5.97. The molecule has 86 valence electrons. The minimum atomic E-state index is 0.315. The molecule has 1 aliphatic carbocycles. The zero-order valence-electron chi connectivity index (χ0n) is 10.4. The quantitative estimate of drug-likeness (QED) is 0.493. The van der Waals surface area contributed by atoms with Crippen LogP contribution in [0.3, 0.4) is 0 Å². The largest absolute Gasteiger partial charge is 0.295 e. The van der Waals surface area contributed by atoms with Crippen molar-refractivity contribution < 1.29 is 4.79 Å². The average Bonchev–Trinajstić information content (AvgIpc) is 2.46. The smallest absolute Gasteiger partial charge is 0.158 e. The van der Waals surface area contributed by atoms with Crippen LogP contribution in [0.4, 0.5) is 0 Å². The molecule has 0 bridgehead atoms. The van der Waals surface area contributed by atoms with E-state index in [0.29, 0.717) is 23.5 Å². The van der Waals surface area contributed by atoms with E-state index in [4.69, 9.17) is 0 Å². The van der Waals surface area contributed by atoms with Crippen LogP contribution in [0, 0.1) is 17.8 Å². The van der Waals surface area contributed by atoms with E-state index in [-0.39, 0.29) is 0 Å². The molecule has 0 aromatic rings. The number of carbonyl (C=O) groups excluding carboxylic acids is 1. The number of hydrogen-bond acceptors (Lipinski definition) is 1. The van der Waals surface area contributed by atoms with E-state index in [1.165, 1.54) is 25.7 Å². The molecular formula is C14H24O. The van der Waals surface area contributed by atoms with E-state index < -0.39 is 0 Å². The van der Waals surface area contributed by atoms with Crippen LogP contribution in [-0.2, 0) is 4.79 Å². The fourth-order valence-corrected chi connectivity index (χ4v) is 2.66. The van der Waals surface area contributed by atoms with Crippen LogP contribution < -0.4 is 0 Å². The number of carbonyl (C=O) groups is 1. The zero-order chi connectivity index (χ0) is 11.4. The fourth-order valence-electron chi connectivity index (χ4n) is 2.66. The standard InChI is InChI=1S/C14H24O/c1-5-6-7-8-12-11(4)14(15)9-13(12)10(2)3/h10,12-13H,4-9H2,1-3H3/t12-,13+/m1/s1. The van der Waals surface area contributed by atoms with Crippen LogP contribution in [0.25, 0.3) is 0 Å². The number of rotatable bonds is 5. The number of unbranched alkanes of at least 4 members (excludes halogenated alkanes) is 2. The predicted octanol–water partition coefficient (Wildman–Crippen LogP) is 3.98. The third-order valence-corrected chi connectivity index (χ3v) is 3.72. The average molecular weight is 208 g/mol. The van der Waals surface area contributed by atoms with E-state index in [0.717, 1.165) is 12.0 Å². The van der Waals surface area contributed by atoms with Gasteiger partial charge in [-0.1, -0.05) is 46.6 Å². The Bertz CT molecular complexity index is 240. The normalized spacial score (nSPS) is 26.7. The second-order valence-electron chi connectivity index (χ2n) is 5.16. The molecule has 1 heteroatoms. The summed E-state index contributed by atoms with van der Waals surface area (Å²) in [4.78, 5) is 11.6. The minimum absolute atomic E-state index is 0.315. The van der Waals surface area contributed by atoms with Crippen molar-refractivity contribution in [2.24, 2.45) is 17.8 Å². The Morgan fingerprint density at radius 2 is 2.07 bits per heavy atom. The van der Waals surface area contributed by atoms with Gasteiger partial charge >= 0.3 is 0 Å². The Kier molecular flexibility index (Phi) is 4.56. The topological polar surface area (TPSA) is 17.1 Å². The molecule has 0 amide bonds. The van der Waals surface area contributed by atoms with Gasteiger partial charge in [0.1, 0.15) is 0 Å². The molecule has 0 saturated heterocycles. The highest BCUT2D eigenvalue weighted by atomic mass is 16.1. The Morgan fingerprint density at radius 3 is 2.60 bits per heavy atom. The molecule has 1 saturated carbocycles. The van der Waals surface area contributed by atoms with Crippen LogP contribution in [-0.4, -0.2) is 5.78 Å². The van der Waals surface area contributed by atoms with Gasteiger partial charge in [0.05, 0.1) is 0 Å². The highest BCUT2D eigenvalue weighted by Crippen LogP contribution is 2.40. The number of Topliss-reactive ketones (excluding diaryl/α,β-unsaturated/α-hetero) is 1. The first-order valence-corrected chi connectivity index (χ1v) is 6.29. The van der Waals surface area contributed by atoms with Gasteiger partial charge in [0, 0.05) is 6.42 Å².